The minimum Gasteiger partial charge on any atom is -0.355 e. The lowest BCUT2D eigenvalue weighted by atomic mass is 10.2. The molecule has 1 aliphatic heterocycles. The van der Waals surface area contributed by atoms with E-state index in [4.69, 9.17) is 0 Å². The van der Waals surface area contributed by atoms with Gasteiger partial charge >= 0.3 is 0 Å². The van der Waals surface area contributed by atoms with Gasteiger partial charge in [0.1, 0.15) is 5.82 Å². The van der Waals surface area contributed by atoms with Gasteiger partial charge in [-0.3, -0.25) is 0 Å². The number of nitrogens with zero attached hydrogens (tertiary/aromatic N) is 3. The van der Waals surface area contributed by atoms with Crippen LogP contribution >= 0.6 is 0 Å². The maximum atomic E-state index is 11.5. The fourth-order valence-corrected chi connectivity index (χ4v) is 3.12. The minimum atomic E-state index is -3.08. The Kier molecular flexibility index (Phi) is 3.87. The van der Waals surface area contributed by atoms with Crippen molar-refractivity contribution < 1.29 is 8.42 Å². The lowest BCUT2D eigenvalue weighted by Crippen LogP contribution is -2.34. The van der Waals surface area contributed by atoms with Crippen LogP contribution in [0.3, 0.4) is 0 Å². The molecule has 6 heteroatoms. The Hall–Kier alpha value is -1.14. The third-order valence-electron chi connectivity index (χ3n) is 3.21. The van der Waals surface area contributed by atoms with Crippen LogP contribution in [0, 0.1) is 6.92 Å². The molecule has 1 fully saturated rings. The predicted octanol–water partition coefficient (Wildman–Crippen LogP) is 0.862. The van der Waals surface area contributed by atoms with Crippen molar-refractivity contribution in [1.29, 1.82) is 0 Å². The second kappa shape index (κ2) is 5.24. The highest BCUT2D eigenvalue weighted by Gasteiger charge is 2.22. The number of rotatable bonds is 2. The van der Waals surface area contributed by atoms with E-state index in [1.165, 1.54) is 6.26 Å². The van der Waals surface area contributed by atoms with Gasteiger partial charge in [-0.15, -0.1) is 0 Å². The third kappa shape index (κ3) is 3.00. The summed E-state index contributed by atoms with van der Waals surface area (Å²) in [4.78, 5) is 6.56. The average Bonchev–Trinajstić information content (AvgIpc) is 2.54. The first-order valence-electron chi connectivity index (χ1n) is 6.10. The SMILES string of the molecule is Cc1cccnc1N1CCCN(S(C)(=O)=O)CC1. The van der Waals surface area contributed by atoms with E-state index in [2.05, 4.69) is 9.88 Å². The Morgan fingerprint density at radius 3 is 2.67 bits per heavy atom. The molecule has 0 aromatic carbocycles. The maximum absolute atomic E-state index is 11.5. The van der Waals surface area contributed by atoms with Crippen LogP contribution in [0.4, 0.5) is 5.82 Å². The van der Waals surface area contributed by atoms with Crippen molar-refractivity contribution in [3.63, 3.8) is 0 Å². The molecule has 1 aromatic heterocycles. The molecule has 0 atom stereocenters. The van der Waals surface area contributed by atoms with Gasteiger partial charge in [0.2, 0.25) is 10.0 Å². The zero-order chi connectivity index (χ0) is 13.2. The molecular formula is C12H19N3O2S. The van der Waals surface area contributed by atoms with E-state index in [1.54, 1.807) is 10.5 Å². The van der Waals surface area contributed by atoms with Gasteiger partial charge < -0.3 is 4.90 Å². The van der Waals surface area contributed by atoms with Gasteiger partial charge in [-0.05, 0) is 25.0 Å². The predicted molar refractivity (Wildman–Crippen MR) is 72.2 cm³/mol. The molecular weight excluding hydrogens is 250 g/mol. The minimum absolute atomic E-state index is 0.537. The van der Waals surface area contributed by atoms with Crippen LogP contribution in [-0.4, -0.2) is 50.1 Å². The molecule has 2 heterocycles. The van der Waals surface area contributed by atoms with Crippen LogP contribution < -0.4 is 4.90 Å². The fraction of sp³-hybridized carbons (Fsp3) is 0.583. The van der Waals surface area contributed by atoms with Crippen LogP contribution in [0.2, 0.25) is 0 Å². The van der Waals surface area contributed by atoms with Gasteiger partial charge in [0.05, 0.1) is 6.26 Å². The van der Waals surface area contributed by atoms with Crippen molar-refractivity contribution in [3.05, 3.63) is 23.9 Å². The highest BCUT2D eigenvalue weighted by atomic mass is 32.2. The average molecular weight is 269 g/mol. The highest BCUT2D eigenvalue weighted by Crippen LogP contribution is 2.18. The summed E-state index contributed by atoms with van der Waals surface area (Å²) in [6.45, 7) is 4.71. The zero-order valence-corrected chi connectivity index (χ0v) is 11.7. The molecule has 18 heavy (non-hydrogen) atoms. The van der Waals surface area contributed by atoms with E-state index >= 15 is 0 Å². The van der Waals surface area contributed by atoms with Gasteiger partial charge in [-0.2, -0.15) is 0 Å². The van der Waals surface area contributed by atoms with Crippen molar-refractivity contribution in [2.24, 2.45) is 0 Å². The van der Waals surface area contributed by atoms with Gasteiger partial charge in [0.15, 0.2) is 0 Å². The molecule has 0 aliphatic carbocycles. The van der Waals surface area contributed by atoms with Crippen LogP contribution in [0.15, 0.2) is 18.3 Å². The van der Waals surface area contributed by atoms with Crippen LogP contribution in [-0.2, 0) is 10.0 Å². The first-order valence-corrected chi connectivity index (χ1v) is 7.95. The third-order valence-corrected chi connectivity index (χ3v) is 4.51. The van der Waals surface area contributed by atoms with Gasteiger partial charge in [-0.25, -0.2) is 17.7 Å². The van der Waals surface area contributed by atoms with E-state index in [0.29, 0.717) is 19.6 Å². The Morgan fingerprint density at radius 1 is 1.22 bits per heavy atom. The summed E-state index contributed by atoms with van der Waals surface area (Å²) in [6, 6.07) is 3.95. The molecule has 0 radical (unpaired) electrons. The summed E-state index contributed by atoms with van der Waals surface area (Å²) < 4.78 is 24.6. The number of anilines is 1. The van der Waals surface area contributed by atoms with Crippen molar-refractivity contribution in [3.8, 4) is 0 Å². The molecule has 0 saturated carbocycles. The molecule has 0 bridgehead atoms. The molecule has 5 nitrogen and oxygen atoms in total. The Balaban J connectivity index is 2.13. The van der Waals surface area contributed by atoms with E-state index in [9.17, 15) is 8.42 Å². The lowest BCUT2D eigenvalue weighted by molar-refractivity contribution is 0.437. The summed E-state index contributed by atoms with van der Waals surface area (Å²) in [6.07, 6.45) is 3.89. The molecule has 1 saturated heterocycles. The zero-order valence-electron chi connectivity index (χ0n) is 10.8. The first-order chi connectivity index (χ1) is 8.48. The summed E-state index contributed by atoms with van der Waals surface area (Å²) in [5.41, 5.74) is 1.13. The largest absolute Gasteiger partial charge is 0.355 e. The topological polar surface area (TPSA) is 53.5 Å². The quantitative estimate of drug-likeness (QED) is 0.799. The van der Waals surface area contributed by atoms with Crippen molar-refractivity contribution in [2.75, 3.05) is 37.3 Å². The highest BCUT2D eigenvalue weighted by molar-refractivity contribution is 7.88. The lowest BCUT2D eigenvalue weighted by Gasteiger charge is -2.23. The summed E-state index contributed by atoms with van der Waals surface area (Å²) in [7, 11) is -3.08. The Labute approximate surface area is 108 Å². The smallest absolute Gasteiger partial charge is 0.211 e. The second-order valence-corrected chi connectivity index (χ2v) is 6.63. The standard InChI is InChI=1S/C12H19N3O2S/c1-11-5-3-6-13-12(11)14-7-4-8-15(10-9-14)18(2,16)17/h3,5-6H,4,7-10H2,1-2H3. The van der Waals surface area contributed by atoms with Crippen LogP contribution in [0.25, 0.3) is 0 Å². The Bertz CT molecular complexity index is 516. The van der Waals surface area contributed by atoms with E-state index in [1.807, 2.05) is 19.1 Å². The molecule has 1 aromatic rings. The maximum Gasteiger partial charge on any atom is 0.211 e. The number of aromatic nitrogens is 1. The number of sulfonamides is 1. The number of hydrogen-bond donors (Lipinski definition) is 0. The van der Waals surface area contributed by atoms with Crippen LogP contribution in [0.1, 0.15) is 12.0 Å². The fourth-order valence-electron chi connectivity index (χ4n) is 2.25. The summed E-state index contributed by atoms with van der Waals surface area (Å²) in [5, 5.41) is 0. The van der Waals surface area contributed by atoms with Gasteiger partial charge in [0, 0.05) is 32.4 Å². The summed E-state index contributed by atoms with van der Waals surface area (Å²) >= 11 is 0. The van der Waals surface area contributed by atoms with Gasteiger partial charge in [-0.1, -0.05) is 6.07 Å². The molecule has 0 amide bonds. The number of hydrogen-bond acceptors (Lipinski definition) is 4. The monoisotopic (exact) mass is 269 g/mol. The van der Waals surface area contributed by atoms with Crippen molar-refractivity contribution in [1.82, 2.24) is 9.29 Å². The van der Waals surface area contributed by atoms with Crippen LogP contribution in [0.5, 0.6) is 0 Å². The van der Waals surface area contributed by atoms with E-state index in [-0.39, 0.29) is 0 Å². The molecule has 0 unspecified atom stereocenters. The summed E-state index contributed by atoms with van der Waals surface area (Å²) in [5.74, 6) is 0.966. The first kappa shape index (κ1) is 13.3. The van der Waals surface area contributed by atoms with Crippen molar-refractivity contribution in [2.45, 2.75) is 13.3 Å². The van der Waals surface area contributed by atoms with E-state index < -0.39 is 10.0 Å². The molecule has 0 spiro atoms. The number of pyridine rings is 1. The van der Waals surface area contributed by atoms with E-state index in [0.717, 1.165) is 24.3 Å². The molecule has 1 aliphatic rings. The molecule has 100 valence electrons. The number of aryl methyl sites for hydroxylation is 1. The molecule has 0 N–H and O–H groups in total. The van der Waals surface area contributed by atoms with Crippen molar-refractivity contribution >= 4 is 15.8 Å². The second-order valence-electron chi connectivity index (χ2n) is 4.65. The van der Waals surface area contributed by atoms with Gasteiger partial charge in [0.25, 0.3) is 0 Å². The molecule has 2 rings (SSSR count). The normalized spacial score (nSPS) is 18.7. The Morgan fingerprint density at radius 2 is 2.00 bits per heavy atom.